The van der Waals surface area contributed by atoms with Gasteiger partial charge in [0.05, 0.1) is 0 Å². The number of nitrogens with one attached hydrogen (secondary N) is 1. The Morgan fingerprint density at radius 2 is 2.12 bits per heavy atom. The summed E-state index contributed by atoms with van der Waals surface area (Å²) in [6.45, 7) is 0.770. The summed E-state index contributed by atoms with van der Waals surface area (Å²) in [5, 5.41) is 4.11. The molecule has 0 radical (unpaired) electrons. The third-order valence-corrected chi connectivity index (χ3v) is 3.59. The van der Waals surface area contributed by atoms with E-state index in [0.29, 0.717) is 10.0 Å². The number of hydrogen-bond donors (Lipinski definition) is 1. The zero-order valence-electron chi connectivity index (χ0n) is 9.02. The number of nitrogens with zero attached hydrogens (tertiary/aromatic N) is 1. The number of carbonyl (C=O) groups is 1. The molecule has 0 aliphatic carbocycles. The standard InChI is InChI=1S/C12H11ClN2OS/c13-11-10(8-16)17-12(15-11)14-7-6-9-4-2-1-3-5-9/h1-5,8H,6-7H2,(H,14,15). The first-order valence-electron chi connectivity index (χ1n) is 5.19. The highest BCUT2D eigenvalue weighted by molar-refractivity contribution is 7.17. The normalized spacial score (nSPS) is 10.2. The number of hydrogen-bond acceptors (Lipinski definition) is 4. The molecule has 88 valence electrons. The Labute approximate surface area is 108 Å². The van der Waals surface area contributed by atoms with Crippen LogP contribution in [0, 0.1) is 0 Å². The fraction of sp³-hybridized carbons (Fsp3) is 0.167. The van der Waals surface area contributed by atoms with Crippen LogP contribution in [-0.2, 0) is 6.42 Å². The maximum atomic E-state index is 10.6. The van der Waals surface area contributed by atoms with Gasteiger partial charge in [0.25, 0.3) is 0 Å². The fourth-order valence-electron chi connectivity index (χ4n) is 1.42. The SMILES string of the molecule is O=Cc1sc(NCCc2ccccc2)nc1Cl. The topological polar surface area (TPSA) is 42.0 Å². The predicted octanol–water partition coefficient (Wildman–Crippen LogP) is 3.26. The highest BCUT2D eigenvalue weighted by Gasteiger charge is 2.07. The molecule has 17 heavy (non-hydrogen) atoms. The van der Waals surface area contributed by atoms with Crippen molar-refractivity contribution < 1.29 is 4.79 Å². The van der Waals surface area contributed by atoms with Gasteiger partial charge >= 0.3 is 0 Å². The molecule has 0 atom stereocenters. The monoisotopic (exact) mass is 266 g/mol. The van der Waals surface area contributed by atoms with Gasteiger partial charge in [-0.1, -0.05) is 53.3 Å². The van der Waals surface area contributed by atoms with E-state index in [1.807, 2.05) is 18.2 Å². The highest BCUT2D eigenvalue weighted by Crippen LogP contribution is 2.24. The van der Waals surface area contributed by atoms with Crippen molar-refractivity contribution in [2.45, 2.75) is 6.42 Å². The van der Waals surface area contributed by atoms with Crippen LogP contribution in [0.25, 0.3) is 0 Å². The zero-order valence-corrected chi connectivity index (χ0v) is 10.6. The Morgan fingerprint density at radius 3 is 2.76 bits per heavy atom. The van der Waals surface area contributed by atoms with Gasteiger partial charge in [-0.2, -0.15) is 0 Å². The quantitative estimate of drug-likeness (QED) is 0.845. The number of thiazole rings is 1. The molecule has 0 aliphatic rings. The van der Waals surface area contributed by atoms with Gasteiger partial charge in [0.15, 0.2) is 16.6 Å². The van der Waals surface area contributed by atoms with Crippen molar-refractivity contribution in [3.63, 3.8) is 0 Å². The summed E-state index contributed by atoms with van der Waals surface area (Å²) in [6.07, 6.45) is 1.64. The van der Waals surface area contributed by atoms with Gasteiger partial charge in [-0.25, -0.2) is 4.98 Å². The van der Waals surface area contributed by atoms with Crippen molar-refractivity contribution in [2.24, 2.45) is 0 Å². The zero-order chi connectivity index (χ0) is 12.1. The number of carbonyl (C=O) groups excluding carboxylic acids is 1. The number of rotatable bonds is 5. The van der Waals surface area contributed by atoms with Crippen molar-refractivity contribution in [3.05, 3.63) is 45.9 Å². The lowest BCUT2D eigenvalue weighted by atomic mass is 10.2. The third-order valence-electron chi connectivity index (χ3n) is 2.25. The molecular formula is C12H11ClN2OS. The van der Waals surface area contributed by atoms with E-state index in [1.165, 1.54) is 16.9 Å². The average molecular weight is 267 g/mol. The number of anilines is 1. The maximum Gasteiger partial charge on any atom is 0.184 e. The van der Waals surface area contributed by atoms with Crippen LogP contribution in [0.3, 0.4) is 0 Å². The lowest BCUT2D eigenvalue weighted by Crippen LogP contribution is -2.04. The Balaban J connectivity index is 1.88. The Kier molecular flexibility index (Phi) is 4.12. The van der Waals surface area contributed by atoms with E-state index in [-0.39, 0.29) is 5.15 Å². The van der Waals surface area contributed by atoms with Crippen molar-refractivity contribution in [2.75, 3.05) is 11.9 Å². The van der Waals surface area contributed by atoms with E-state index in [1.54, 1.807) is 0 Å². The fourth-order valence-corrected chi connectivity index (χ4v) is 2.41. The van der Waals surface area contributed by atoms with Gasteiger partial charge < -0.3 is 5.32 Å². The average Bonchev–Trinajstić information content (AvgIpc) is 2.71. The maximum absolute atomic E-state index is 10.6. The summed E-state index contributed by atoms with van der Waals surface area (Å²) in [6, 6.07) is 10.2. The van der Waals surface area contributed by atoms with Crippen LogP contribution in [0.2, 0.25) is 5.15 Å². The van der Waals surface area contributed by atoms with Crippen LogP contribution in [0.4, 0.5) is 5.13 Å². The van der Waals surface area contributed by atoms with Gasteiger partial charge in [-0.15, -0.1) is 0 Å². The van der Waals surface area contributed by atoms with Crippen molar-refractivity contribution in [1.82, 2.24) is 4.98 Å². The molecule has 0 saturated carbocycles. The van der Waals surface area contributed by atoms with Crippen LogP contribution < -0.4 is 5.32 Å². The Bertz CT molecular complexity index is 498. The molecule has 0 fully saturated rings. The van der Waals surface area contributed by atoms with E-state index < -0.39 is 0 Å². The number of halogens is 1. The van der Waals surface area contributed by atoms with Gasteiger partial charge in [0.2, 0.25) is 0 Å². The first kappa shape index (κ1) is 12.1. The van der Waals surface area contributed by atoms with Gasteiger partial charge in [0.1, 0.15) is 4.88 Å². The lowest BCUT2D eigenvalue weighted by molar-refractivity contribution is 0.112. The number of aromatic nitrogens is 1. The number of benzene rings is 1. The Morgan fingerprint density at radius 1 is 1.35 bits per heavy atom. The van der Waals surface area contributed by atoms with Crippen molar-refractivity contribution >= 4 is 34.4 Å². The highest BCUT2D eigenvalue weighted by atomic mass is 35.5. The van der Waals surface area contributed by atoms with E-state index in [9.17, 15) is 4.79 Å². The molecule has 0 spiro atoms. The second-order valence-electron chi connectivity index (χ2n) is 3.45. The molecule has 0 amide bonds. The molecule has 0 bridgehead atoms. The minimum atomic E-state index is 0.271. The summed E-state index contributed by atoms with van der Waals surface area (Å²) >= 11 is 7.04. The minimum Gasteiger partial charge on any atom is -0.361 e. The summed E-state index contributed by atoms with van der Waals surface area (Å²) in [5.74, 6) is 0. The summed E-state index contributed by atoms with van der Waals surface area (Å²) in [7, 11) is 0. The second-order valence-corrected chi connectivity index (χ2v) is 4.84. The first-order valence-corrected chi connectivity index (χ1v) is 6.38. The predicted molar refractivity (Wildman–Crippen MR) is 71.1 cm³/mol. The molecule has 0 saturated heterocycles. The molecule has 1 aromatic heterocycles. The van der Waals surface area contributed by atoms with Crippen molar-refractivity contribution in [1.29, 1.82) is 0 Å². The van der Waals surface area contributed by atoms with Crippen LogP contribution in [0.5, 0.6) is 0 Å². The largest absolute Gasteiger partial charge is 0.361 e. The van der Waals surface area contributed by atoms with Crippen LogP contribution in [0.15, 0.2) is 30.3 Å². The Hall–Kier alpha value is -1.39. The van der Waals surface area contributed by atoms with E-state index >= 15 is 0 Å². The van der Waals surface area contributed by atoms with E-state index in [2.05, 4.69) is 22.4 Å². The van der Waals surface area contributed by atoms with Crippen molar-refractivity contribution in [3.8, 4) is 0 Å². The molecule has 0 aliphatic heterocycles. The summed E-state index contributed by atoms with van der Waals surface area (Å²) in [5.41, 5.74) is 1.26. The molecule has 1 N–H and O–H groups in total. The number of aldehydes is 1. The van der Waals surface area contributed by atoms with Gasteiger partial charge in [0, 0.05) is 6.54 Å². The second kappa shape index (κ2) is 5.80. The molecule has 0 unspecified atom stereocenters. The third kappa shape index (κ3) is 3.28. The molecular weight excluding hydrogens is 256 g/mol. The van der Waals surface area contributed by atoms with Crippen LogP contribution >= 0.6 is 22.9 Å². The lowest BCUT2D eigenvalue weighted by Gasteiger charge is -2.02. The van der Waals surface area contributed by atoms with Gasteiger partial charge in [-0.3, -0.25) is 4.79 Å². The van der Waals surface area contributed by atoms with E-state index in [0.717, 1.165) is 19.3 Å². The smallest absolute Gasteiger partial charge is 0.184 e. The molecule has 1 heterocycles. The van der Waals surface area contributed by atoms with Crippen LogP contribution in [-0.4, -0.2) is 17.8 Å². The van der Waals surface area contributed by atoms with Gasteiger partial charge in [-0.05, 0) is 12.0 Å². The molecule has 3 nitrogen and oxygen atoms in total. The molecule has 5 heteroatoms. The molecule has 1 aromatic carbocycles. The minimum absolute atomic E-state index is 0.271. The van der Waals surface area contributed by atoms with E-state index in [4.69, 9.17) is 11.6 Å². The molecule has 2 aromatic rings. The first-order chi connectivity index (χ1) is 8.29. The summed E-state index contributed by atoms with van der Waals surface area (Å²) in [4.78, 5) is 15.1. The van der Waals surface area contributed by atoms with Crippen LogP contribution in [0.1, 0.15) is 15.2 Å². The molecule has 2 rings (SSSR count). The summed E-state index contributed by atoms with van der Waals surface area (Å²) < 4.78 is 0.